The van der Waals surface area contributed by atoms with Crippen LogP contribution in [0.3, 0.4) is 0 Å². The van der Waals surface area contributed by atoms with Gasteiger partial charge in [-0.2, -0.15) is 0 Å². The van der Waals surface area contributed by atoms with Crippen molar-refractivity contribution in [3.05, 3.63) is 47.3 Å². The van der Waals surface area contributed by atoms with E-state index in [0.717, 1.165) is 17.0 Å². The minimum absolute atomic E-state index is 0.0742. The summed E-state index contributed by atoms with van der Waals surface area (Å²) in [6.07, 6.45) is 3.34. The van der Waals surface area contributed by atoms with Gasteiger partial charge in [0.1, 0.15) is 11.7 Å². The van der Waals surface area contributed by atoms with Gasteiger partial charge in [-0.15, -0.1) is 0 Å². The first-order valence-electron chi connectivity index (χ1n) is 7.91. The molecule has 0 amide bonds. The predicted octanol–water partition coefficient (Wildman–Crippen LogP) is -0.499. The summed E-state index contributed by atoms with van der Waals surface area (Å²) in [5, 5.41) is 20.3. The summed E-state index contributed by atoms with van der Waals surface area (Å²) in [4.78, 5) is 31.5. The van der Waals surface area contributed by atoms with Crippen molar-refractivity contribution in [1.82, 2.24) is 20.3 Å². The fourth-order valence-electron chi connectivity index (χ4n) is 1.90. The van der Waals surface area contributed by atoms with Crippen LogP contribution in [-0.2, 0) is 17.8 Å². The normalized spacial score (nSPS) is 11.3. The van der Waals surface area contributed by atoms with Crippen LogP contribution in [0, 0.1) is 6.92 Å². The molecule has 26 heavy (non-hydrogen) atoms. The molecule has 0 spiro atoms. The third kappa shape index (κ3) is 7.38. The number of carboxylic acids is 2. The largest absolute Gasteiger partial charge is 0.480 e. The lowest BCUT2D eigenvalue weighted by Gasteiger charge is -2.06. The van der Waals surface area contributed by atoms with Gasteiger partial charge in [0.05, 0.1) is 12.0 Å². The molecule has 2 aromatic heterocycles. The quantitative estimate of drug-likeness (QED) is 0.336. The second-order valence-electron chi connectivity index (χ2n) is 5.46. The number of carbonyl (C=O) groups is 2. The Morgan fingerprint density at radius 3 is 2.62 bits per heavy atom. The highest BCUT2D eigenvalue weighted by atomic mass is 16.4. The van der Waals surface area contributed by atoms with Gasteiger partial charge in [-0.1, -0.05) is 6.07 Å². The highest BCUT2D eigenvalue weighted by Gasteiger charge is 2.12. The third-order valence-electron chi connectivity index (χ3n) is 3.35. The van der Waals surface area contributed by atoms with Gasteiger partial charge >= 0.3 is 11.9 Å². The van der Waals surface area contributed by atoms with E-state index in [1.807, 2.05) is 6.92 Å². The van der Waals surface area contributed by atoms with Crippen molar-refractivity contribution < 1.29 is 19.8 Å². The number of hydrogen-bond donors (Lipinski definition) is 6. The van der Waals surface area contributed by atoms with Crippen molar-refractivity contribution in [2.75, 3.05) is 13.1 Å². The number of imidazole rings is 1. The number of aliphatic carboxylic acids is 1. The monoisotopic (exact) mass is 364 g/mol. The van der Waals surface area contributed by atoms with E-state index < -0.39 is 18.0 Å². The topological polar surface area (TPSA) is 180 Å². The molecular weight excluding hydrogens is 340 g/mol. The van der Waals surface area contributed by atoms with Gasteiger partial charge in [0.15, 0.2) is 0 Å². The van der Waals surface area contributed by atoms with Crippen LogP contribution < -0.4 is 16.8 Å². The van der Waals surface area contributed by atoms with Crippen LogP contribution in [0.2, 0.25) is 0 Å². The molecule has 10 nitrogen and oxygen atoms in total. The molecule has 8 N–H and O–H groups in total. The summed E-state index contributed by atoms with van der Waals surface area (Å²) in [5.41, 5.74) is 13.1. The lowest BCUT2D eigenvalue weighted by Crippen LogP contribution is -2.32. The summed E-state index contributed by atoms with van der Waals surface area (Å²) in [6, 6.07) is 2.41. The Morgan fingerprint density at radius 2 is 2.08 bits per heavy atom. The molecule has 0 saturated heterocycles. The summed E-state index contributed by atoms with van der Waals surface area (Å²) in [7, 11) is 0. The Balaban J connectivity index is 0.000000273. The number of nitrogens with two attached hydrogens (primary N) is 2. The molecule has 0 unspecified atom stereocenters. The van der Waals surface area contributed by atoms with E-state index in [2.05, 4.69) is 20.3 Å². The van der Waals surface area contributed by atoms with Gasteiger partial charge in [0.2, 0.25) is 0 Å². The highest BCUT2D eigenvalue weighted by molar-refractivity contribution is 5.85. The van der Waals surface area contributed by atoms with Crippen LogP contribution in [-0.4, -0.2) is 56.2 Å². The lowest BCUT2D eigenvalue weighted by atomic mass is 10.2. The van der Waals surface area contributed by atoms with Gasteiger partial charge in [-0.25, -0.2) is 14.8 Å². The molecule has 0 aliphatic carbocycles. The Morgan fingerprint density at radius 1 is 1.35 bits per heavy atom. The maximum Gasteiger partial charge on any atom is 0.354 e. The fourth-order valence-corrected chi connectivity index (χ4v) is 1.90. The number of nitrogens with one attached hydrogen (secondary N) is 2. The predicted molar refractivity (Wildman–Crippen MR) is 94.6 cm³/mol. The first-order chi connectivity index (χ1) is 12.3. The van der Waals surface area contributed by atoms with E-state index in [4.69, 9.17) is 21.7 Å². The van der Waals surface area contributed by atoms with E-state index in [0.29, 0.717) is 19.6 Å². The van der Waals surface area contributed by atoms with E-state index in [1.165, 1.54) is 12.4 Å². The number of aromatic amines is 1. The number of aromatic carboxylic acids is 1. The molecule has 0 aliphatic rings. The van der Waals surface area contributed by atoms with Crippen molar-refractivity contribution in [2.24, 2.45) is 11.5 Å². The number of H-pyrrole nitrogens is 1. The Labute approximate surface area is 150 Å². The van der Waals surface area contributed by atoms with Crippen LogP contribution in [0.25, 0.3) is 0 Å². The van der Waals surface area contributed by atoms with E-state index in [9.17, 15) is 9.59 Å². The molecule has 10 heteroatoms. The van der Waals surface area contributed by atoms with Gasteiger partial charge in [-0.05, 0) is 18.6 Å². The number of pyridine rings is 1. The van der Waals surface area contributed by atoms with Crippen molar-refractivity contribution in [3.8, 4) is 0 Å². The SMILES string of the molecule is Cc1ccc(C(=O)O)nc1CNCCN.N[C@@H](Cc1cnc[nH]1)C(=O)O. The summed E-state index contributed by atoms with van der Waals surface area (Å²) >= 11 is 0. The van der Waals surface area contributed by atoms with Crippen molar-refractivity contribution >= 4 is 11.9 Å². The average Bonchev–Trinajstić information content (AvgIpc) is 3.10. The molecule has 0 bridgehead atoms. The van der Waals surface area contributed by atoms with Crippen LogP contribution in [0.1, 0.15) is 27.4 Å². The molecule has 0 saturated carbocycles. The number of aromatic nitrogens is 3. The number of hydrogen-bond acceptors (Lipinski definition) is 7. The minimum Gasteiger partial charge on any atom is -0.480 e. The smallest absolute Gasteiger partial charge is 0.354 e. The summed E-state index contributed by atoms with van der Waals surface area (Å²) in [6.45, 7) is 3.69. The lowest BCUT2D eigenvalue weighted by molar-refractivity contribution is -0.138. The van der Waals surface area contributed by atoms with Crippen molar-refractivity contribution in [2.45, 2.75) is 25.9 Å². The molecule has 0 radical (unpaired) electrons. The number of rotatable bonds is 8. The standard InChI is InChI=1S/C10H15N3O2.C6H9N3O2/c1-7-2-3-8(10(14)15)13-9(7)6-12-5-4-11;7-5(6(10)11)1-4-2-8-3-9-4/h2-3,12H,4-6,11H2,1H3,(H,14,15);2-3,5H,1,7H2,(H,8,9)(H,10,11)/t;5-/m.0/s1. The number of carboxylic acid groups (broad SMARTS) is 2. The van der Waals surface area contributed by atoms with E-state index >= 15 is 0 Å². The van der Waals surface area contributed by atoms with Crippen LogP contribution in [0.15, 0.2) is 24.7 Å². The summed E-state index contributed by atoms with van der Waals surface area (Å²) in [5.74, 6) is -2.00. The zero-order valence-electron chi connectivity index (χ0n) is 14.5. The third-order valence-corrected chi connectivity index (χ3v) is 3.35. The molecule has 2 aromatic rings. The molecule has 142 valence electrons. The molecule has 2 heterocycles. The fraction of sp³-hybridized carbons (Fsp3) is 0.375. The van der Waals surface area contributed by atoms with Gasteiger partial charge < -0.3 is 32.0 Å². The second kappa shape index (κ2) is 10.9. The Hall–Kier alpha value is -2.82. The maximum absolute atomic E-state index is 10.7. The van der Waals surface area contributed by atoms with Crippen LogP contribution >= 0.6 is 0 Å². The molecule has 0 aromatic carbocycles. The zero-order valence-corrected chi connectivity index (χ0v) is 14.5. The Kier molecular flexibility index (Phi) is 8.92. The summed E-state index contributed by atoms with van der Waals surface area (Å²) < 4.78 is 0. The molecule has 0 aliphatic heterocycles. The van der Waals surface area contributed by atoms with Gasteiger partial charge in [-0.3, -0.25) is 4.79 Å². The molecule has 1 atom stereocenters. The number of nitrogens with zero attached hydrogens (tertiary/aromatic N) is 2. The van der Waals surface area contributed by atoms with Crippen molar-refractivity contribution in [1.29, 1.82) is 0 Å². The van der Waals surface area contributed by atoms with Crippen LogP contribution in [0.4, 0.5) is 0 Å². The van der Waals surface area contributed by atoms with E-state index in [-0.39, 0.29) is 12.1 Å². The average molecular weight is 364 g/mol. The van der Waals surface area contributed by atoms with Gasteiger partial charge in [0.25, 0.3) is 0 Å². The van der Waals surface area contributed by atoms with E-state index in [1.54, 1.807) is 12.3 Å². The van der Waals surface area contributed by atoms with Crippen LogP contribution in [0.5, 0.6) is 0 Å². The molecule has 0 fully saturated rings. The molecule has 2 rings (SSSR count). The molecular formula is C16H24N6O4. The maximum atomic E-state index is 10.7. The first kappa shape index (κ1) is 21.2. The first-order valence-corrected chi connectivity index (χ1v) is 7.91. The zero-order chi connectivity index (χ0) is 19.5. The highest BCUT2D eigenvalue weighted by Crippen LogP contribution is 2.06. The minimum atomic E-state index is -1.00. The van der Waals surface area contributed by atoms with Gasteiger partial charge in [0, 0.05) is 37.9 Å². The second-order valence-corrected chi connectivity index (χ2v) is 5.46. The Bertz CT molecular complexity index is 705. The number of aryl methyl sites for hydroxylation is 1. The van der Waals surface area contributed by atoms with Crippen molar-refractivity contribution in [3.63, 3.8) is 0 Å².